The molecule has 0 unspecified atom stereocenters. The molecule has 2 aromatic carbocycles. The highest BCUT2D eigenvalue weighted by Gasteiger charge is 2.23. The van der Waals surface area contributed by atoms with Crippen molar-refractivity contribution in [3.8, 4) is 5.75 Å². The summed E-state index contributed by atoms with van der Waals surface area (Å²) in [6, 6.07) is 10.1. The Labute approximate surface area is 146 Å². The first kappa shape index (κ1) is 18.1. The van der Waals surface area contributed by atoms with E-state index < -0.39 is 17.9 Å². The lowest BCUT2D eigenvalue weighted by Crippen LogP contribution is -2.41. The molecule has 0 heterocycles. The predicted molar refractivity (Wildman–Crippen MR) is 97.1 cm³/mol. The van der Waals surface area contributed by atoms with Crippen molar-refractivity contribution < 1.29 is 19.4 Å². The molecule has 0 saturated carbocycles. The number of hydrogen-bond acceptors (Lipinski definition) is 4. The number of rotatable bonds is 8. The van der Waals surface area contributed by atoms with Gasteiger partial charge in [-0.1, -0.05) is 37.3 Å². The van der Waals surface area contributed by atoms with Crippen molar-refractivity contribution in [3.63, 3.8) is 0 Å². The summed E-state index contributed by atoms with van der Waals surface area (Å²) < 4.78 is 5.69. The Morgan fingerprint density at radius 2 is 2.00 bits per heavy atom. The fourth-order valence-electron chi connectivity index (χ4n) is 2.43. The number of nitrogens with one attached hydrogen (secondary N) is 1. The molecule has 1 atom stereocenters. The number of ether oxygens (including phenoxy) is 1. The van der Waals surface area contributed by atoms with Crippen LogP contribution in [0.5, 0.6) is 5.75 Å². The van der Waals surface area contributed by atoms with Gasteiger partial charge in [-0.25, -0.2) is 4.79 Å². The van der Waals surface area contributed by atoms with Crippen molar-refractivity contribution >= 4 is 35.3 Å². The van der Waals surface area contributed by atoms with Gasteiger partial charge in [-0.2, -0.15) is 12.6 Å². The summed E-state index contributed by atoms with van der Waals surface area (Å²) in [4.78, 5) is 24.0. The van der Waals surface area contributed by atoms with Gasteiger partial charge in [-0.3, -0.25) is 4.79 Å². The molecule has 0 saturated heterocycles. The number of carboxylic acids is 1. The number of carbonyl (C=O) groups excluding carboxylic acids is 1. The molecule has 128 valence electrons. The average Bonchev–Trinajstić information content (AvgIpc) is 2.58. The van der Waals surface area contributed by atoms with Crippen molar-refractivity contribution in [3.05, 3.63) is 42.0 Å². The van der Waals surface area contributed by atoms with Crippen molar-refractivity contribution in [1.82, 2.24) is 5.32 Å². The van der Waals surface area contributed by atoms with E-state index in [4.69, 9.17) is 4.74 Å². The number of fused-ring (bicyclic) bond motifs is 1. The van der Waals surface area contributed by atoms with E-state index in [0.717, 1.165) is 17.2 Å². The molecule has 0 bridgehead atoms. The summed E-state index contributed by atoms with van der Waals surface area (Å²) in [5, 5.41) is 13.5. The van der Waals surface area contributed by atoms with Crippen LogP contribution in [0.4, 0.5) is 0 Å². The minimum Gasteiger partial charge on any atom is -0.493 e. The fraction of sp³-hybridized carbons (Fsp3) is 0.333. The second-order valence-corrected chi connectivity index (χ2v) is 5.83. The molecule has 0 aliphatic rings. The monoisotopic (exact) mass is 347 g/mol. The Kier molecular flexibility index (Phi) is 6.49. The molecule has 2 N–H and O–H groups in total. The number of carboxylic acid groups (broad SMARTS) is 1. The van der Waals surface area contributed by atoms with Crippen LogP contribution in [0.2, 0.25) is 0 Å². The van der Waals surface area contributed by atoms with Crippen LogP contribution in [0.3, 0.4) is 0 Å². The molecule has 24 heavy (non-hydrogen) atoms. The van der Waals surface area contributed by atoms with Gasteiger partial charge >= 0.3 is 5.97 Å². The highest BCUT2D eigenvalue weighted by atomic mass is 32.1. The summed E-state index contributed by atoms with van der Waals surface area (Å²) in [5.74, 6) is -0.699. The third kappa shape index (κ3) is 4.20. The number of thiol groups is 1. The number of aliphatic carboxylic acids is 1. The van der Waals surface area contributed by atoms with Gasteiger partial charge in [0.1, 0.15) is 11.8 Å². The zero-order chi connectivity index (χ0) is 17.5. The highest BCUT2D eigenvalue weighted by Crippen LogP contribution is 2.28. The van der Waals surface area contributed by atoms with Gasteiger partial charge in [0.2, 0.25) is 0 Å². The third-order valence-corrected chi connectivity index (χ3v) is 3.86. The molecule has 5 nitrogen and oxygen atoms in total. The van der Waals surface area contributed by atoms with Crippen LogP contribution in [-0.4, -0.2) is 35.4 Å². The minimum atomic E-state index is -1.08. The van der Waals surface area contributed by atoms with Crippen LogP contribution in [0.25, 0.3) is 10.8 Å². The van der Waals surface area contributed by atoms with Crippen LogP contribution >= 0.6 is 12.6 Å². The first-order valence-corrected chi connectivity index (χ1v) is 8.50. The molecule has 0 aliphatic heterocycles. The molecular weight excluding hydrogens is 326 g/mol. The Balaban J connectivity index is 2.43. The molecule has 1 amide bonds. The van der Waals surface area contributed by atoms with E-state index in [2.05, 4.69) is 17.9 Å². The summed E-state index contributed by atoms with van der Waals surface area (Å²) >= 11 is 4.05. The average molecular weight is 347 g/mol. The summed E-state index contributed by atoms with van der Waals surface area (Å²) in [5.41, 5.74) is 0.368. The van der Waals surface area contributed by atoms with Crippen LogP contribution < -0.4 is 10.1 Å². The number of amides is 1. The van der Waals surface area contributed by atoms with Gasteiger partial charge < -0.3 is 15.2 Å². The lowest BCUT2D eigenvalue weighted by Gasteiger charge is -2.17. The lowest BCUT2D eigenvalue weighted by atomic mass is 10.0. The van der Waals surface area contributed by atoms with E-state index in [1.165, 1.54) is 0 Å². The first-order valence-electron chi connectivity index (χ1n) is 7.87. The summed E-state index contributed by atoms with van der Waals surface area (Å²) in [7, 11) is 0. The molecule has 2 rings (SSSR count). The van der Waals surface area contributed by atoms with Gasteiger partial charge in [0.15, 0.2) is 0 Å². The third-order valence-electron chi connectivity index (χ3n) is 3.60. The largest absolute Gasteiger partial charge is 0.493 e. The highest BCUT2D eigenvalue weighted by molar-refractivity contribution is 7.80. The van der Waals surface area contributed by atoms with E-state index in [1.54, 1.807) is 6.07 Å². The van der Waals surface area contributed by atoms with E-state index in [0.29, 0.717) is 23.7 Å². The zero-order valence-corrected chi connectivity index (χ0v) is 14.4. The quantitative estimate of drug-likeness (QED) is 0.641. The topological polar surface area (TPSA) is 75.6 Å². The van der Waals surface area contributed by atoms with Crippen molar-refractivity contribution in [2.45, 2.75) is 25.8 Å². The van der Waals surface area contributed by atoms with Crippen molar-refractivity contribution in [1.29, 1.82) is 0 Å². The predicted octanol–water partition coefficient (Wildman–Crippen LogP) is 3.13. The van der Waals surface area contributed by atoms with E-state index in [9.17, 15) is 14.7 Å². The Bertz CT molecular complexity index is 732. The Morgan fingerprint density at radius 1 is 1.25 bits per heavy atom. The maximum atomic E-state index is 12.8. The van der Waals surface area contributed by atoms with Crippen LogP contribution in [-0.2, 0) is 4.79 Å². The maximum absolute atomic E-state index is 12.8. The smallest absolute Gasteiger partial charge is 0.326 e. The molecule has 0 spiro atoms. The standard InChI is InChI=1S/C18H21NO4S/c1-2-10-23-15-8-7-12-5-3-4-6-13(12)16(15)17(20)19-14(9-11-24)18(21)22/h3-8,14,24H,2,9-11H2,1H3,(H,19,20)(H,21,22)/t14-/m0/s1. The van der Waals surface area contributed by atoms with E-state index in [1.807, 2.05) is 37.3 Å². The second-order valence-electron chi connectivity index (χ2n) is 5.38. The maximum Gasteiger partial charge on any atom is 0.326 e. The summed E-state index contributed by atoms with van der Waals surface area (Å²) in [6.07, 6.45) is 1.06. The molecule has 0 aliphatic carbocycles. The van der Waals surface area contributed by atoms with E-state index in [-0.39, 0.29) is 6.42 Å². The molecule has 6 heteroatoms. The van der Waals surface area contributed by atoms with Gasteiger partial charge in [-0.05, 0) is 35.4 Å². The Hall–Kier alpha value is -2.21. The van der Waals surface area contributed by atoms with Gasteiger partial charge in [0, 0.05) is 0 Å². The minimum absolute atomic E-state index is 0.250. The van der Waals surface area contributed by atoms with Crippen molar-refractivity contribution in [2.24, 2.45) is 0 Å². The van der Waals surface area contributed by atoms with Gasteiger partial charge in [0.25, 0.3) is 5.91 Å². The van der Waals surface area contributed by atoms with Gasteiger partial charge in [-0.15, -0.1) is 0 Å². The molecule has 0 fully saturated rings. The SMILES string of the molecule is CCCOc1ccc2ccccc2c1C(=O)N[C@@H](CCS)C(=O)O. The number of carbonyl (C=O) groups is 2. The summed E-state index contributed by atoms with van der Waals surface area (Å²) in [6.45, 7) is 2.46. The van der Waals surface area contributed by atoms with Crippen LogP contribution in [0.15, 0.2) is 36.4 Å². The number of benzene rings is 2. The van der Waals surface area contributed by atoms with Gasteiger partial charge in [0.05, 0.1) is 12.2 Å². The zero-order valence-electron chi connectivity index (χ0n) is 13.5. The van der Waals surface area contributed by atoms with Crippen LogP contribution in [0, 0.1) is 0 Å². The first-order chi connectivity index (χ1) is 11.6. The lowest BCUT2D eigenvalue weighted by molar-refractivity contribution is -0.139. The molecule has 0 radical (unpaired) electrons. The van der Waals surface area contributed by atoms with Crippen LogP contribution in [0.1, 0.15) is 30.1 Å². The molecule has 0 aromatic heterocycles. The van der Waals surface area contributed by atoms with Crippen molar-refractivity contribution in [2.75, 3.05) is 12.4 Å². The van der Waals surface area contributed by atoms with E-state index >= 15 is 0 Å². The Morgan fingerprint density at radius 3 is 2.67 bits per heavy atom. The fourth-order valence-corrected chi connectivity index (χ4v) is 2.69. The molecule has 2 aromatic rings. The molecular formula is C18H21NO4S. The normalized spacial score (nSPS) is 11.9. The second kappa shape index (κ2) is 8.59. The number of hydrogen-bond donors (Lipinski definition) is 3.